The van der Waals surface area contributed by atoms with Crippen molar-refractivity contribution in [2.75, 3.05) is 41.0 Å². The third-order valence-corrected chi connectivity index (χ3v) is 11.3. The number of carbonyl (C=O) groups excluding carboxylic acids is 2. The molecule has 0 aliphatic rings. The average Bonchev–Trinajstić information content (AvgIpc) is 3.19. The predicted molar refractivity (Wildman–Crippen MR) is 248 cm³/mol. The highest BCUT2D eigenvalue weighted by Crippen LogP contribution is 2.15. The second-order valence-corrected chi connectivity index (χ2v) is 18.1. The van der Waals surface area contributed by atoms with Gasteiger partial charge in [-0.1, -0.05) is 173 Å². The van der Waals surface area contributed by atoms with Crippen molar-refractivity contribution in [1.82, 2.24) is 0 Å². The van der Waals surface area contributed by atoms with E-state index in [1.165, 1.54) is 148 Å². The molecule has 2 unspecified atom stereocenters. The predicted octanol–water partition coefficient (Wildman–Crippen LogP) is 14.0. The first-order chi connectivity index (χ1) is 28.6. The van der Waals surface area contributed by atoms with E-state index in [-0.39, 0.29) is 36.2 Å². The Kier molecular flexibility index (Phi) is 40.9. The van der Waals surface area contributed by atoms with Gasteiger partial charge in [-0.05, 0) is 64.2 Å². The summed E-state index contributed by atoms with van der Waals surface area (Å²) in [5.41, 5.74) is 0. The van der Waals surface area contributed by atoms with E-state index in [0.717, 1.165) is 51.4 Å². The van der Waals surface area contributed by atoms with E-state index in [0.29, 0.717) is 19.3 Å². The number of carboxylic acids is 1. The highest BCUT2D eigenvalue weighted by molar-refractivity contribution is 5.72. The van der Waals surface area contributed by atoms with E-state index in [9.17, 15) is 19.5 Å². The van der Waals surface area contributed by atoms with Gasteiger partial charge < -0.3 is 23.8 Å². The van der Waals surface area contributed by atoms with Crippen molar-refractivity contribution < 1.29 is 38.2 Å². The van der Waals surface area contributed by atoms with E-state index in [4.69, 9.17) is 14.2 Å². The van der Waals surface area contributed by atoms with Gasteiger partial charge in [0.25, 0.3) is 0 Å². The summed E-state index contributed by atoms with van der Waals surface area (Å²) in [4.78, 5) is 37.0. The van der Waals surface area contributed by atoms with Crippen LogP contribution in [0.3, 0.4) is 0 Å². The molecule has 0 rings (SSSR count). The Balaban J connectivity index is 4.21. The second kappa shape index (κ2) is 42.5. The summed E-state index contributed by atoms with van der Waals surface area (Å²) in [6.45, 7) is 4.73. The molecule has 0 radical (unpaired) electrons. The van der Waals surface area contributed by atoms with Crippen LogP contribution in [0.1, 0.15) is 232 Å². The van der Waals surface area contributed by atoms with Crippen LogP contribution in [0.4, 0.5) is 0 Å². The molecule has 8 heteroatoms. The van der Waals surface area contributed by atoms with Gasteiger partial charge in [-0.25, -0.2) is 4.79 Å². The molecular formula is C51H96NO7+. The first-order valence-electron chi connectivity index (χ1n) is 24.9. The molecule has 0 aliphatic carbocycles. The highest BCUT2D eigenvalue weighted by Gasteiger charge is 2.31. The van der Waals surface area contributed by atoms with Crippen LogP contribution in [-0.2, 0) is 28.6 Å². The summed E-state index contributed by atoms with van der Waals surface area (Å²) in [7, 11) is 5.53. The molecule has 0 aromatic rings. The van der Waals surface area contributed by atoms with Gasteiger partial charge >= 0.3 is 17.9 Å². The number of quaternary nitrogens is 1. The second-order valence-electron chi connectivity index (χ2n) is 18.1. The van der Waals surface area contributed by atoms with E-state index in [2.05, 4.69) is 38.2 Å². The SMILES string of the molecule is CCCCCCCC/C=C/CCCCCC(=O)OC(COCCC(C(=O)O)[N+](C)(C)C)COC(=O)CCCCCCCCC/C=C/CCCCCCCCCCCCC. The van der Waals surface area contributed by atoms with Crippen molar-refractivity contribution in [3.63, 3.8) is 0 Å². The maximum Gasteiger partial charge on any atom is 0.362 e. The van der Waals surface area contributed by atoms with Crippen molar-refractivity contribution in [1.29, 1.82) is 0 Å². The first kappa shape index (κ1) is 56.8. The number of nitrogens with zero attached hydrogens (tertiary/aromatic N) is 1. The van der Waals surface area contributed by atoms with Gasteiger partial charge in [-0.2, -0.15) is 0 Å². The van der Waals surface area contributed by atoms with Crippen LogP contribution in [0, 0.1) is 0 Å². The standard InChI is InChI=1S/C51H95NO7/c1-6-8-10-12-14-16-18-20-21-22-23-24-25-26-27-28-30-31-33-35-37-39-41-49(53)58-46-47(45-57-44-43-48(51(55)56)52(3,4)5)59-50(54)42-40-38-36-34-32-29-19-17-15-13-11-9-7-2/h25-26,29,32,47-48H,6-24,27-28,30-31,33-46H2,1-5H3/p+1/b26-25+,32-29+. The molecule has 0 saturated carbocycles. The molecule has 0 heterocycles. The molecule has 0 bridgehead atoms. The minimum absolute atomic E-state index is 0.0561. The van der Waals surface area contributed by atoms with Crippen molar-refractivity contribution in [3.05, 3.63) is 24.3 Å². The van der Waals surface area contributed by atoms with Crippen LogP contribution in [0.15, 0.2) is 24.3 Å². The number of unbranched alkanes of at least 4 members (excludes halogenated alkanes) is 27. The minimum atomic E-state index is -0.876. The van der Waals surface area contributed by atoms with Crippen LogP contribution in [0.25, 0.3) is 0 Å². The molecule has 0 fully saturated rings. The van der Waals surface area contributed by atoms with Crippen molar-refractivity contribution in [2.24, 2.45) is 0 Å². The Morgan fingerprint density at radius 1 is 0.492 bits per heavy atom. The summed E-state index contributed by atoms with van der Waals surface area (Å²) in [6, 6.07) is -0.616. The maximum atomic E-state index is 12.7. The fraction of sp³-hybridized carbons (Fsp3) is 0.863. The zero-order valence-corrected chi connectivity index (χ0v) is 39.5. The Labute approximate surface area is 364 Å². The van der Waals surface area contributed by atoms with Gasteiger partial charge in [-0.15, -0.1) is 0 Å². The number of ether oxygens (including phenoxy) is 3. The molecule has 0 amide bonds. The summed E-state index contributed by atoms with van der Waals surface area (Å²) in [5.74, 6) is -1.48. The average molecular weight is 835 g/mol. The van der Waals surface area contributed by atoms with E-state index < -0.39 is 18.1 Å². The molecule has 0 aromatic carbocycles. The zero-order chi connectivity index (χ0) is 43.5. The van der Waals surface area contributed by atoms with Crippen LogP contribution >= 0.6 is 0 Å². The van der Waals surface area contributed by atoms with E-state index >= 15 is 0 Å². The largest absolute Gasteiger partial charge is 0.477 e. The number of aliphatic carboxylic acids is 1. The molecule has 59 heavy (non-hydrogen) atoms. The van der Waals surface area contributed by atoms with Crippen LogP contribution in [0.2, 0.25) is 0 Å². The molecule has 0 spiro atoms. The number of esters is 2. The maximum absolute atomic E-state index is 12.7. The first-order valence-corrected chi connectivity index (χ1v) is 24.9. The van der Waals surface area contributed by atoms with Crippen LogP contribution < -0.4 is 0 Å². The van der Waals surface area contributed by atoms with Gasteiger partial charge in [0.2, 0.25) is 0 Å². The third kappa shape index (κ3) is 41.0. The quantitative estimate of drug-likeness (QED) is 0.0282. The van der Waals surface area contributed by atoms with Gasteiger partial charge in [0.1, 0.15) is 6.61 Å². The topological polar surface area (TPSA) is 99.1 Å². The fourth-order valence-electron chi connectivity index (χ4n) is 7.43. The molecule has 0 aliphatic heterocycles. The lowest BCUT2D eigenvalue weighted by Crippen LogP contribution is -2.50. The van der Waals surface area contributed by atoms with E-state index in [1.54, 1.807) is 0 Å². The summed E-state index contributed by atoms with van der Waals surface area (Å²) < 4.78 is 17.3. The van der Waals surface area contributed by atoms with Gasteiger partial charge in [0, 0.05) is 19.3 Å². The molecule has 2 atom stereocenters. The number of likely N-dealkylation sites (N-methyl/N-ethyl adjacent to an activating group) is 1. The minimum Gasteiger partial charge on any atom is -0.477 e. The fourth-order valence-corrected chi connectivity index (χ4v) is 7.43. The lowest BCUT2D eigenvalue weighted by molar-refractivity contribution is -0.887. The molecular weight excluding hydrogens is 739 g/mol. The number of allylic oxidation sites excluding steroid dienone is 4. The Morgan fingerprint density at radius 3 is 1.24 bits per heavy atom. The summed E-state index contributed by atoms with van der Waals surface area (Å²) in [5, 5.41) is 9.63. The molecule has 0 saturated heterocycles. The Morgan fingerprint density at radius 2 is 0.847 bits per heavy atom. The number of hydrogen-bond acceptors (Lipinski definition) is 6. The monoisotopic (exact) mass is 835 g/mol. The highest BCUT2D eigenvalue weighted by atomic mass is 16.6. The number of hydrogen-bond donors (Lipinski definition) is 1. The number of carbonyl (C=O) groups is 3. The van der Waals surface area contributed by atoms with E-state index in [1.807, 2.05) is 21.1 Å². The zero-order valence-electron chi connectivity index (χ0n) is 39.5. The molecule has 1 N–H and O–H groups in total. The van der Waals surface area contributed by atoms with Crippen molar-refractivity contribution >= 4 is 17.9 Å². The number of rotatable bonds is 45. The van der Waals surface area contributed by atoms with Gasteiger partial charge in [0.05, 0.1) is 34.4 Å². The number of carboxylic acid groups (broad SMARTS) is 1. The lowest BCUT2D eigenvalue weighted by atomic mass is 10.0. The van der Waals surface area contributed by atoms with Crippen molar-refractivity contribution in [2.45, 2.75) is 244 Å². The normalized spacial score (nSPS) is 13.0. The van der Waals surface area contributed by atoms with Crippen molar-refractivity contribution in [3.8, 4) is 0 Å². The summed E-state index contributed by atoms with van der Waals surface area (Å²) >= 11 is 0. The Hall–Kier alpha value is -2.19. The molecule has 8 nitrogen and oxygen atoms in total. The molecule has 346 valence electrons. The van der Waals surface area contributed by atoms with Crippen LogP contribution in [0.5, 0.6) is 0 Å². The van der Waals surface area contributed by atoms with Gasteiger partial charge in [-0.3, -0.25) is 9.59 Å². The smallest absolute Gasteiger partial charge is 0.362 e. The lowest BCUT2D eigenvalue weighted by Gasteiger charge is -2.31. The molecule has 0 aromatic heterocycles. The van der Waals surface area contributed by atoms with Crippen LogP contribution in [-0.4, -0.2) is 80.6 Å². The van der Waals surface area contributed by atoms with Gasteiger partial charge in [0.15, 0.2) is 12.1 Å². The Bertz CT molecular complexity index is 1020. The third-order valence-electron chi connectivity index (χ3n) is 11.3. The summed E-state index contributed by atoms with van der Waals surface area (Å²) in [6.07, 6.45) is 48.0.